The predicted molar refractivity (Wildman–Crippen MR) is 49.6 cm³/mol. The van der Waals surface area contributed by atoms with Crippen LogP contribution >= 0.6 is 0 Å². The van der Waals surface area contributed by atoms with E-state index in [1.807, 2.05) is 0 Å². The van der Waals surface area contributed by atoms with E-state index in [9.17, 15) is 4.79 Å². The number of rotatable bonds is 8. The number of unbranched alkanes of at least 4 members (excludes halogenated alkanes) is 2. The van der Waals surface area contributed by atoms with E-state index in [1.54, 1.807) is 0 Å². The van der Waals surface area contributed by atoms with Crippen molar-refractivity contribution in [1.29, 1.82) is 0 Å². The molecule has 0 aromatic carbocycles. The first-order valence-electron chi connectivity index (χ1n) is 4.80. The lowest BCUT2D eigenvalue weighted by molar-refractivity contribution is 0.248. The molecule has 12 heavy (non-hydrogen) atoms. The van der Waals surface area contributed by atoms with Crippen molar-refractivity contribution in [1.82, 2.24) is 0 Å². The van der Waals surface area contributed by atoms with Gasteiger partial charge in [0, 0.05) is 0 Å². The third-order valence-corrected chi connectivity index (χ3v) is 2.07. The highest BCUT2D eigenvalue weighted by Crippen LogP contribution is 2.12. The Bertz CT molecular complexity index is 102. The van der Waals surface area contributed by atoms with Crippen LogP contribution in [0, 0.1) is 5.92 Å². The summed E-state index contributed by atoms with van der Waals surface area (Å²) in [4.78, 5) is 9.70. The zero-order valence-electron chi connectivity index (χ0n) is 8.14. The molecule has 0 aliphatic carbocycles. The number of hydrogen-bond donors (Lipinski definition) is 0. The summed E-state index contributed by atoms with van der Waals surface area (Å²) in [6, 6.07) is 0. The van der Waals surface area contributed by atoms with Gasteiger partial charge in [-0.1, -0.05) is 39.5 Å². The van der Waals surface area contributed by atoms with Crippen molar-refractivity contribution in [3.63, 3.8) is 0 Å². The minimum atomic E-state index is 0.525. The maximum atomic E-state index is 9.70. The van der Waals surface area contributed by atoms with Gasteiger partial charge >= 0.3 is 6.47 Å². The van der Waals surface area contributed by atoms with Crippen LogP contribution < -0.4 is 0 Å². The van der Waals surface area contributed by atoms with Crippen LogP contribution in [0.4, 0.5) is 0 Å². The second kappa shape index (κ2) is 8.57. The van der Waals surface area contributed by atoms with Gasteiger partial charge in [0.05, 0.1) is 6.61 Å². The molecule has 0 N–H and O–H groups in total. The SMILES string of the molecule is CCCCCC(C)CCO[C]=O. The Labute approximate surface area is 75.3 Å². The summed E-state index contributed by atoms with van der Waals surface area (Å²) in [5, 5.41) is 0. The fraction of sp³-hybridized carbons (Fsp3) is 0.900. The molecule has 1 unspecified atom stereocenters. The summed E-state index contributed by atoms with van der Waals surface area (Å²) in [5.41, 5.74) is 0. The van der Waals surface area contributed by atoms with Gasteiger partial charge in [0.2, 0.25) is 0 Å². The fourth-order valence-corrected chi connectivity index (χ4v) is 1.19. The van der Waals surface area contributed by atoms with Crippen LogP contribution in [-0.2, 0) is 9.53 Å². The summed E-state index contributed by atoms with van der Waals surface area (Å²) in [7, 11) is 0. The molecule has 2 nitrogen and oxygen atoms in total. The molecule has 1 atom stereocenters. The monoisotopic (exact) mass is 171 g/mol. The van der Waals surface area contributed by atoms with E-state index in [1.165, 1.54) is 32.2 Å². The van der Waals surface area contributed by atoms with E-state index in [0.717, 1.165) is 6.42 Å². The molecule has 0 aromatic heterocycles. The van der Waals surface area contributed by atoms with Gasteiger partial charge in [-0.25, -0.2) is 4.79 Å². The van der Waals surface area contributed by atoms with Gasteiger partial charge in [-0.2, -0.15) is 0 Å². The minimum absolute atomic E-state index is 0.525. The van der Waals surface area contributed by atoms with Gasteiger partial charge in [-0.15, -0.1) is 0 Å². The predicted octanol–water partition coefficient (Wildman–Crippen LogP) is 2.68. The lowest BCUT2D eigenvalue weighted by Gasteiger charge is -2.08. The number of hydrogen-bond acceptors (Lipinski definition) is 2. The lowest BCUT2D eigenvalue weighted by atomic mass is 10.0. The molecule has 0 aromatic rings. The van der Waals surface area contributed by atoms with Gasteiger partial charge in [0.1, 0.15) is 0 Å². The summed E-state index contributed by atoms with van der Waals surface area (Å²) in [5.74, 6) is 0.671. The molecule has 71 valence electrons. The normalized spacial score (nSPS) is 12.5. The number of ether oxygens (including phenoxy) is 1. The van der Waals surface area contributed by atoms with Crippen molar-refractivity contribution >= 4 is 6.47 Å². The highest BCUT2D eigenvalue weighted by atomic mass is 16.5. The molecule has 0 aliphatic heterocycles. The molecule has 1 radical (unpaired) electrons. The smallest absolute Gasteiger partial charge is 0.417 e. The molecule has 0 fully saturated rings. The van der Waals surface area contributed by atoms with Crippen molar-refractivity contribution in [2.24, 2.45) is 5.92 Å². The van der Waals surface area contributed by atoms with E-state index in [0.29, 0.717) is 12.5 Å². The zero-order valence-corrected chi connectivity index (χ0v) is 8.14. The maximum Gasteiger partial charge on any atom is 0.417 e. The summed E-state index contributed by atoms with van der Waals surface area (Å²) in [6.07, 6.45) is 6.09. The van der Waals surface area contributed by atoms with E-state index >= 15 is 0 Å². The van der Waals surface area contributed by atoms with Crippen molar-refractivity contribution in [3.05, 3.63) is 0 Å². The molecule has 0 rings (SSSR count). The Morgan fingerprint density at radius 2 is 2.08 bits per heavy atom. The van der Waals surface area contributed by atoms with E-state index in [-0.39, 0.29) is 0 Å². The third kappa shape index (κ3) is 7.58. The molecule has 0 heterocycles. The molecular formula is C10H19O2. The third-order valence-electron chi connectivity index (χ3n) is 2.07. The second-order valence-corrected chi connectivity index (χ2v) is 3.32. The van der Waals surface area contributed by atoms with Gasteiger partial charge in [-0.3, -0.25) is 0 Å². The summed E-state index contributed by atoms with van der Waals surface area (Å²) in [6.45, 7) is 6.37. The van der Waals surface area contributed by atoms with Crippen LogP contribution in [0.1, 0.15) is 46.0 Å². The molecule has 0 saturated carbocycles. The molecule has 0 aliphatic rings. The maximum absolute atomic E-state index is 9.70. The van der Waals surface area contributed by atoms with Crippen molar-refractivity contribution in [3.8, 4) is 0 Å². The Morgan fingerprint density at radius 3 is 2.67 bits per heavy atom. The standard InChI is InChI=1S/C10H19O2/c1-3-4-5-6-10(2)7-8-12-9-11/h10H,3-8H2,1-2H3. The lowest BCUT2D eigenvalue weighted by Crippen LogP contribution is -2.00. The Kier molecular flexibility index (Phi) is 8.19. The fourth-order valence-electron chi connectivity index (χ4n) is 1.19. The molecule has 0 saturated heterocycles. The number of carbonyl (C=O) groups excluding carboxylic acids is 1. The van der Waals surface area contributed by atoms with Crippen molar-refractivity contribution in [2.75, 3.05) is 6.61 Å². The first-order valence-corrected chi connectivity index (χ1v) is 4.80. The van der Waals surface area contributed by atoms with Gasteiger partial charge in [-0.05, 0) is 12.3 Å². The van der Waals surface area contributed by atoms with Crippen LogP contribution in [0.3, 0.4) is 0 Å². The van der Waals surface area contributed by atoms with E-state index < -0.39 is 0 Å². The van der Waals surface area contributed by atoms with Crippen molar-refractivity contribution < 1.29 is 9.53 Å². The molecule has 0 spiro atoms. The summed E-state index contributed by atoms with van der Waals surface area (Å²) >= 11 is 0. The zero-order chi connectivity index (χ0) is 9.23. The molecular weight excluding hydrogens is 152 g/mol. The van der Waals surface area contributed by atoms with Crippen LogP contribution in [0.25, 0.3) is 0 Å². The van der Waals surface area contributed by atoms with Crippen molar-refractivity contribution in [2.45, 2.75) is 46.0 Å². The van der Waals surface area contributed by atoms with Gasteiger partial charge in [0.15, 0.2) is 0 Å². The first kappa shape index (κ1) is 11.5. The highest BCUT2D eigenvalue weighted by molar-refractivity contribution is 5.37. The highest BCUT2D eigenvalue weighted by Gasteiger charge is 2.01. The van der Waals surface area contributed by atoms with Crippen LogP contribution in [0.2, 0.25) is 0 Å². The largest absolute Gasteiger partial charge is 0.457 e. The van der Waals surface area contributed by atoms with Gasteiger partial charge in [0.25, 0.3) is 0 Å². The van der Waals surface area contributed by atoms with E-state index in [2.05, 4.69) is 18.6 Å². The Morgan fingerprint density at radius 1 is 1.33 bits per heavy atom. The first-order chi connectivity index (χ1) is 5.81. The topological polar surface area (TPSA) is 26.3 Å². The van der Waals surface area contributed by atoms with Crippen LogP contribution in [-0.4, -0.2) is 13.1 Å². The molecule has 0 bridgehead atoms. The second-order valence-electron chi connectivity index (χ2n) is 3.32. The average molecular weight is 171 g/mol. The quantitative estimate of drug-likeness (QED) is 0.525. The molecule has 0 amide bonds. The van der Waals surface area contributed by atoms with E-state index in [4.69, 9.17) is 0 Å². The Hall–Kier alpha value is -0.530. The average Bonchev–Trinajstić information content (AvgIpc) is 2.06. The molecule has 2 heteroatoms. The minimum Gasteiger partial charge on any atom is -0.457 e. The van der Waals surface area contributed by atoms with Crippen LogP contribution in [0.15, 0.2) is 0 Å². The Balaban J connectivity index is 3.09. The van der Waals surface area contributed by atoms with Crippen LogP contribution in [0.5, 0.6) is 0 Å². The van der Waals surface area contributed by atoms with Gasteiger partial charge < -0.3 is 4.74 Å². The summed E-state index contributed by atoms with van der Waals surface area (Å²) < 4.78 is 4.50.